The summed E-state index contributed by atoms with van der Waals surface area (Å²) in [5, 5.41) is 18.4. The third-order valence-corrected chi connectivity index (χ3v) is 10.7. The zero-order valence-electron chi connectivity index (χ0n) is 23.8. The van der Waals surface area contributed by atoms with Crippen molar-refractivity contribution in [3.63, 3.8) is 0 Å². The number of carbonyl (C=O) groups excluding carboxylic acids is 2. The number of para-hydroxylation sites is 1. The van der Waals surface area contributed by atoms with E-state index in [-0.39, 0.29) is 39.0 Å². The van der Waals surface area contributed by atoms with Gasteiger partial charge in [0.25, 0.3) is 0 Å². The quantitative estimate of drug-likeness (QED) is 0.232. The molecule has 4 N–H and O–H groups in total. The zero-order valence-corrected chi connectivity index (χ0v) is 26.1. The van der Waals surface area contributed by atoms with Crippen molar-refractivity contribution in [2.45, 2.75) is 62.0 Å². The normalized spacial score (nSPS) is 20.5. The SMILES string of the molecule is Cc1ccc(S(=O)(=O)N2C3CCC(CC3)[C@H]2C(=O)N[C@@H](Cc2ccc(NC(=O)Nc3c(Cl)cccc3Cl)cc2)C(=O)O)cc1. The molecule has 10 nitrogen and oxygen atoms in total. The van der Waals surface area contributed by atoms with Gasteiger partial charge in [-0.05, 0) is 80.5 Å². The van der Waals surface area contributed by atoms with Crippen LogP contribution in [0.25, 0.3) is 0 Å². The van der Waals surface area contributed by atoms with E-state index < -0.39 is 40.0 Å². The van der Waals surface area contributed by atoms with E-state index in [0.29, 0.717) is 36.9 Å². The molecular weight excluding hydrogens is 627 g/mol. The van der Waals surface area contributed by atoms with E-state index in [1.54, 1.807) is 54.6 Å². The van der Waals surface area contributed by atoms with E-state index in [1.165, 1.54) is 16.4 Å². The summed E-state index contributed by atoms with van der Waals surface area (Å²) in [5.74, 6) is -2.06. The van der Waals surface area contributed by atoms with Gasteiger partial charge in [0, 0.05) is 18.2 Å². The van der Waals surface area contributed by atoms with Gasteiger partial charge in [-0.2, -0.15) is 4.31 Å². The number of sulfonamides is 1. The van der Waals surface area contributed by atoms with Crippen molar-refractivity contribution in [1.29, 1.82) is 0 Å². The Morgan fingerprint density at radius 3 is 2.11 bits per heavy atom. The van der Waals surface area contributed by atoms with Crippen molar-refractivity contribution in [3.05, 3.63) is 87.9 Å². The lowest BCUT2D eigenvalue weighted by Gasteiger charge is -2.49. The first kappa shape index (κ1) is 31.8. The highest BCUT2D eigenvalue weighted by molar-refractivity contribution is 7.89. The number of nitrogens with one attached hydrogen (secondary N) is 3. The molecule has 3 aromatic rings. The van der Waals surface area contributed by atoms with E-state index >= 15 is 0 Å². The Morgan fingerprint density at radius 1 is 0.909 bits per heavy atom. The van der Waals surface area contributed by atoms with Gasteiger partial charge < -0.3 is 21.1 Å². The Bertz CT molecular complexity index is 1640. The van der Waals surface area contributed by atoms with Crippen LogP contribution < -0.4 is 16.0 Å². The molecule has 3 aliphatic rings. The number of aliphatic carboxylic acids is 1. The molecule has 0 radical (unpaired) electrons. The van der Waals surface area contributed by atoms with Crippen molar-refractivity contribution in [2.24, 2.45) is 5.92 Å². The van der Waals surface area contributed by atoms with Crippen LogP contribution in [-0.4, -0.2) is 53.9 Å². The first-order valence-corrected chi connectivity index (χ1v) is 16.4. The van der Waals surface area contributed by atoms with Crippen LogP contribution in [0, 0.1) is 12.8 Å². The molecular formula is C31H32Cl2N4O6S. The van der Waals surface area contributed by atoms with Gasteiger partial charge in [0.1, 0.15) is 12.1 Å². The molecule has 0 aromatic heterocycles. The topological polar surface area (TPSA) is 145 Å². The number of nitrogens with zero attached hydrogens (tertiary/aromatic N) is 1. The van der Waals surface area contributed by atoms with Crippen LogP contribution in [0.4, 0.5) is 16.2 Å². The van der Waals surface area contributed by atoms with Crippen molar-refractivity contribution in [1.82, 2.24) is 9.62 Å². The maximum atomic E-state index is 13.7. The minimum Gasteiger partial charge on any atom is -0.480 e. The number of piperidine rings is 2. The number of fused-ring (bicyclic) bond motifs is 3. The molecule has 3 amide bonds. The van der Waals surface area contributed by atoms with Crippen LogP contribution in [0.3, 0.4) is 0 Å². The molecule has 2 saturated heterocycles. The molecule has 3 aromatic carbocycles. The number of anilines is 2. The monoisotopic (exact) mass is 658 g/mol. The standard InChI is InChI=1S/C31H32Cl2N4O6S/c1-18-5-15-23(16-6-18)44(42,43)37-22-13-9-20(10-14-22)28(37)29(38)35-26(30(39)40)17-19-7-11-21(12-8-19)34-31(41)36-27-24(32)3-2-4-25(27)33/h2-8,11-12,15-16,20,22,26,28H,9-10,13-14,17H2,1H3,(H,35,38)(H,39,40)(H2,34,36,41)/t20?,22?,26-,28-/m0/s1. The van der Waals surface area contributed by atoms with Crippen LogP contribution in [0.15, 0.2) is 71.6 Å². The Balaban J connectivity index is 1.27. The molecule has 44 heavy (non-hydrogen) atoms. The van der Waals surface area contributed by atoms with Crippen LogP contribution in [0.2, 0.25) is 10.0 Å². The molecule has 2 aliphatic heterocycles. The second kappa shape index (κ2) is 13.2. The fourth-order valence-corrected chi connectivity index (χ4v) is 8.31. The first-order valence-electron chi connectivity index (χ1n) is 14.2. The smallest absolute Gasteiger partial charge is 0.326 e. The van der Waals surface area contributed by atoms with Gasteiger partial charge in [0.2, 0.25) is 15.9 Å². The summed E-state index contributed by atoms with van der Waals surface area (Å²) in [7, 11) is -3.99. The average molecular weight is 660 g/mol. The fraction of sp³-hybridized carbons (Fsp3) is 0.323. The third-order valence-electron chi connectivity index (χ3n) is 8.15. The summed E-state index contributed by atoms with van der Waals surface area (Å²) >= 11 is 12.2. The number of carbonyl (C=O) groups is 3. The van der Waals surface area contributed by atoms with Gasteiger partial charge in [-0.1, -0.05) is 59.1 Å². The lowest BCUT2D eigenvalue weighted by atomic mass is 9.76. The first-order chi connectivity index (χ1) is 20.9. The molecule has 1 saturated carbocycles. The number of urea groups is 1. The third kappa shape index (κ3) is 6.86. The number of carboxylic acids is 1. The highest BCUT2D eigenvalue weighted by Gasteiger charge is 2.51. The molecule has 1 aliphatic carbocycles. The van der Waals surface area contributed by atoms with Crippen molar-refractivity contribution in [2.75, 3.05) is 10.6 Å². The number of benzene rings is 3. The lowest BCUT2D eigenvalue weighted by Crippen LogP contribution is -2.63. The summed E-state index contributed by atoms with van der Waals surface area (Å²) in [6, 6.07) is 14.6. The van der Waals surface area contributed by atoms with E-state index in [9.17, 15) is 27.9 Å². The van der Waals surface area contributed by atoms with E-state index in [0.717, 1.165) is 5.56 Å². The molecule has 2 bridgehead atoms. The van der Waals surface area contributed by atoms with Crippen molar-refractivity contribution in [3.8, 4) is 0 Å². The van der Waals surface area contributed by atoms with Gasteiger partial charge in [-0.25, -0.2) is 18.0 Å². The fourth-order valence-electron chi connectivity index (χ4n) is 5.92. The highest BCUT2D eigenvalue weighted by atomic mass is 35.5. The maximum Gasteiger partial charge on any atom is 0.326 e. The number of hydrogen-bond acceptors (Lipinski definition) is 5. The van der Waals surface area contributed by atoms with Gasteiger partial charge >= 0.3 is 12.0 Å². The van der Waals surface area contributed by atoms with Crippen LogP contribution in [0.5, 0.6) is 0 Å². The van der Waals surface area contributed by atoms with Gasteiger partial charge in [-0.15, -0.1) is 0 Å². The molecule has 2 heterocycles. The summed E-state index contributed by atoms with van der Waals surface area (Å²) in [4.78, 5) is 38.4. The van der Waals surface area contributed by atoms with E-state index in [2.05, 4.69) is 16.0 Å². The number of hydrogen-bond donors (Lipinski definition) is 4. The molecule has 0 spiro atoms. The highest BCUT2D eigenvalue weighted by Crippen LogP contribution is 2.43. The molecule has 0 unspecified atom stereocenters. The number of amides is 3. The van der Waals surface area contributed by atoms with Gasteiger partial charge in [-0.3, -0.25) is 4.79 Å². The summed E-state index contributed by atoms with van der Waals surface area (Å²) in [6.45, 7) is 1.86. The summed E-state index contributed by atoms with van der Waals surface area (Å²) in [6.07, 6.45) is 2.67. The van der Waals surface area contributed by atoms with E-state index in [4.69, 9.17) is 23.2 Å². The van der Waals surface area contributed by atoms with Crippen LogP contribution >= 0.6 is 23.2 Å². The largest absolute Gasteiger partial charge is 0.480 e. The average Bonchev–Trinajstić information content (AvgIpc) is 3.00. The van der Waals surface area contributed by atoms with Crippen LogP contribution in [-0.2, 0) is 26.0 Å². The zero-order chi connectivity index (χ0) is 31.6. The molecule has 232 valence electrons. The Hall–Kier alpha value is -3.64. The summed E-state index contributed by atoms with van der Waals surface area (Å²) < 4.78 is 28.8. The Labute approximate surface area is 265 Å². The van der Waals surface area contributed by atoms with Gasteiger partial charge in [0.05, 0.1) is 20.6 Å². The Kier molecular flexibility index (Phi) is 9.50. The second-order valence-electron chi connectivity index (χ2n) is 11.1. The number of halogens is 2. The second-order valence-corrected chi connectivity index (χ2v) is 13.8. The number of rotatable bonds is 9. The number of carboxylic acid groups (broad SMARTS) is 1. The van der Waals surface area contributed by atoms with Crippen LogP contribution in [0.1, 0.15) is 36.8 Å². The Morgan fingerprint density at radius 2 is 1.52 bits per heavy atom. The molecule has 13 heteroatoms. The number of aryl methyl sites for hydroxylation is 1. The molecule has 3 fully saturated rings. The van der Waals surface area contributed by atoms with Crippen molar-refractivity contribution >= 4 is 62.5 Å². The van der Waals surface area contributed by atoms with Gasteiger partial charge in [0.15, 0.2) is 0 Å². The minimum atomic E-state index is -3.99. The maximum absolute atomic E-state index is 13.7. The minimum absolute atomic E-state index is 0.0473. The molecule has 2 atom stereocenters. The lowest BCUT2D eigenvalue weighted by molar-refractivity contribution is -0.143. The van der Waals surface area contributed by atoms with E-state index in [1.807, 2.05) is 6.92 Å². The predicted molar refractivity (Wildman–Crippen MR) is 169 cm³/mol. The van der Waals surface area contributed by atoms with Crippen molar-refractivity contribution < 1.29 is 27.9 Å². The summed E-state index contributed by atoms with van der Waals surface area (Å²) in [5.41, 5.74) is 2.20. The predicted octanol–water partition coefficient (Wildman–Crippen LogP) is 5.69. The molecule has 6 rings (SSSR count).